The number of nitrogens with zero attached hydrogens (tertiary/aromatic N) is 1. The van der Waals surface area contributed by atoms with E-state index < -0.39 is 5.91 Å². The van der Waals surface area contributed by atoms with Gasteiger partial charge in [0.1, 0.15) is 17.2 Å². The smallest absolute Gasteiger partial charge is 0.282 e. The number of carbonyl (C=O) groups excluding carboxylic acids is 2. The number of amides is 2. The molecule has 0 aromatic heterocycles. The molecule has 0 aliphatic carbocycles. The van der Waals surface area contributed by atoms with E-state index in [1.165, 1.54) is 4.90 Å². The van der Waals surface area contributed by atoms with Gasteiger partial charge in [0.25, 0.3) is 11.8 Å². The number of anilines is 2. The number of benzene rings is 3. The predicted molar refractivity (Wildman–Crippen MR) is 125 cm³/mol. The third-order valence-corrected chi connectivity index (χ3v) is 5.40. The lowest BCUT2D eigenvalue weighted by Crippen LogP contribution is -2.33. The van der Waals surface area contributed by atoms with Gasteiger partial charge in [-0.15, -0.1) is 0 Å². The van der Waals surface area contributed by atoms with Crippen molar-refractivity contribution in [1.82, 2.24) is 0 Å². The van der Waals surface area contributed by atoms with Gasteiger partial charge in [0.2, 0.25) is 0 Å². The summed E-state index contributed by atoms with van der Waals surface area (Å²) >= 11 is 0. The first kappa shape index (κ1) is 21.2. The Morgan fingerprint density at radius 1 is 0.781 bits per heavy atom. The van der Waals surface area contributed by atoms with Gasteiger partial charge in [-0.25, -0.2) is 4.90 Å². The molecule has 32 heavy (non-hydrogen) atoms. The first-order valence-electron chi connectivity index (χ1n) is 10.2. The number of ether oxygens (including phenoxy) is 2. The standard InChI is InChI=1S/C26H24N2O4/c1-16-9-11-18(12-10-16)23-24(27-19-13-20(31-3)15-21(14-19)32-4)26(30)28(25(23)29)22-8-6-5-7-17(22)2/h5-15,27H,1-4H3. The highest BCUT2D eigenvalue weighted by molar-refractivity contribution is 6.46. The lowest BCUT2D eigenvalue weighted by atomic mass is 10.0. The van der Waals surface area contributed by atoms with Gasteiger partial charge in [-0.05, 0) is 31.0 Å². The van der Waals surface area contributed by atoms with Crippen molar-refractivity contribution in [2.45, 2.75) is 13.8 Å². The second-order valence-corrected chi connectivity index (χ2v) is 7.57. The number of imide groups is 1. The van der Waals surface area contributed by atoms with Crippen molar-refractivity contribution >= 4 is 28.8 Å². The number of aryl methyl sites for hydroxylation is 2. The quantitative estimate of drug-likeness (QED) is 0.576. The second kappa shape index (κ2) is 8.59. The number of para-hydroxylation sites is 1. The number of hydrogen-bond acceptors (Lipinski definition) is 5. The van der Waals surface area contributed by atoms with Crippen LogP contribution in [0.3, 0.4) is 0 Å². The van der Waals surface area contributed by atoms with Crippen molar-refractivity contribution in [1.29, 1.82) is 0 Å². The number of rotatable bonds is 6. The van der Waals surface area contributed by atoms with Crippen molar-refractivity contribution < 1.29 is 19.1 Å². The topological polar surface area (TPSA) is 67.9 Å². The lowest BCUT2D eigenvalue weighted by molar-refractivity contribution is -0.120. The van der Waals surface area contributed by atoms with Crippen molar-refractivity contribution in [3.8, 4) is 11.5 Å². The molecule has 4 rings (SSSR count). The zero-order valence-corrected chi connectivity index (χ0v) is 18.4. The monoisotopic (exact) mass is 428 g/mol. The summed E-state index contributed by atoms with van der Waals surface area (Å²) in [6.07, 6.45) is 0. The molecular weight excluding hydrogens is 404 g/mol. The van der Waals surface area contributed by atoms with E-state index in [0.29, 0.717) is 34.0 Å². The molecule has 1 aliphatic heterocycles. The van der Waals surface area contributed by atoms with E-state index in [1.807, 2.05) is 56.3 Å². The Balaban J connectivity index is 1.85. The van der Waals surface area contributed by atoms with Crippen LogP contribution in [0.5, 0.6) is 11.5 Å². The van der Waals surface area contributed by atoms with Gasteiger partial charge in [-0.1, -0.05) is 48.0 Å². The summed E-state index contributed by atoms with van der Waals surface area (Å²) < 4.78 is 10.7. The fourth-order valence-corrected chi connectivity index (χ4v) is 3.69. The van der Waals surface area contributed by atoms with E-state index in [-0.39, 0.29) is 11.6 Å². The fraction of sp³-hybridized carbons (Fsp3) is 0.154. The maximum Gasteiger partial charge on any atom is 0.282 e. The molecule has 0 bridgehead atoms. The summed E-state index contributed by atoms with van der Waals surface area (Å²) in [5.41, 5.74) is 4.23. The highest BCUT2D eigenvalue weighted by atomic mass is 16.5. The lowest BCUT2D eigenvalue weighted by Gasteiger charge is -2.18. The van der Waals surface area contributed by atoms with Crippen molar-refractivity contribution in [2.24, 2.45) is 0 Å². The van der Waals surface area contributed by atoms with E-state index in [0.717, 1.165) is 11.1 Å². The Bertz CT molecular complexity index is 1210. The van der Waals surface area contributed by atoms with Crippen LogP contribution in [0, 0.1) is 13.8 Å². The Hall–Kier alpha value is -4.06. The molecule has 1 N–H and O–H groups in total. The molecule has 162 valence electrons. The van der Waals surface area contributed by atoms with E-state index in [1.54, 1.807) is 38.5 Å². The van der Waals surface area contributed by atoms with Crippen LogP contribution in [0.2, 0.25) is 0 Å². The van der Waals surface area contributed by atoms with E-state index >= 15 is 0 Å². The molecule has 0 saturated carbocycles. The van der Waals surface area contributed by atoms with E-state index in [2.05, 4.69) is 5.32 Å². The van der Waals surface area contributed by atoms with Gasteiger partial charge in [0, 0.05) is 23.9 Å². The first-order valence-corrected chi connectivity index (χ1v) is 10.2. The summed E-state index contributed by atoms with van der Waals surface area (Å²) in [5, 5.41) is 3.16. The van der Waals surface area contributed by atoms with Crippen LogP contribution in [0.15, 0.2) is 72.4 Å². The molecule has 6 heteroatoms. The minimum atomic E-state index is -0.415. The maximum absolute atomic E-state index is 13.6. The summed E-state index contributed by atoms with van der Waals surface area (Å²) in [7, 11) is 3.11. The van der Waals surface area contributed by atoms with Crippen molar-refractivity contribution in [3.63, 3.8) is 0 Å². The Kier molecular flexibility index (Phi) is 5.69. The zero-order valence-electron chi connectivity index (χ0n) is 18.4. The molecule has 0 saturated heterocycles. The molecule has 0 spiro atoms. The molecular formula is C26H24N2O4. The Labute approximate surface area is 187 Å². The number of carbonyl (C=O) groups is 2. The molecule has 0 radical (unpaired) electrons. The average Bonchev–Trinajstić information content (AvgIpc) is 3.04. The molecule has 3 aromatic carbocycles. The molecule has 2 amide bonds. The minimum Gasteiger partial charge on any atom is -0.497 e. The number of hydrogen-bond donors (Lipinski definition) is 1. The van der Waals surface area contributed by atoms with Gasteiger partial charge < -0.3 is 14.8 Å². The normalized spacial score (nSPS) is 13.6. The minimum absolute atomic E-state index is 0.206. The molecule has 0 fully saturated rings. The van der Waals surface area contributed by atoms with Crippen LogP contribution in [0.25, 0.3) is 5.57 Å². The first-order chi connectivity index (χ1) is 15.4. The van der Waals surface area contributed by atoms with Gasteiger partial charge in [0.05, 0.1) is 25.5 Å². The molecule has 6 nitrogen and oxygen atoms in total. The Morgan fingerprint density at radius 2 is 1.41 bits per heavy atom. The predicted octanol–water partition coefficient (Wildman–Crippen LogP) is 4.72. The van der Waals surface area contributed by atoms with E-state index in [4.69, 9.17) is 9.47 Å². The van der Waals surface area contributed by atoms with Gasteiger partial charge in [0.15, 0.2) is 0 Å². The summed E-state index contributed by atoms with van der Waals surface area (Å²) in [6, 6.07) is 20.1. The number of methoxy groups -OCH3 is 2. The maximum atomic E-state index is 13.6. The van der Waals surface area contributed by atoms with Gasteiger partial charge in [-0.2, -0.15) is 0 Å². The summed E-state index contributed by atoms with van der Waals surface area (Å²) in [6.45, 7) is 3.85. The summed E-state index contributed by atoms with van der Waals surface area (Å²) in [5.74, 6) is 0.348. The molecule has 1 heterocycles. The third kappa shape index (κ3) is 3.83. The highest BCUT2D eigenvalue weighted by Crippen LogP contribution is 2.36. The van der Waals surface area contributed by atoms with Gasteiger partial charge >= 0.3 is 0 Å². The van der Waals surface area contributed by atoms with Crippen LogP contribution in [-0.2, 0) is 9.59 Å². The fourth-order valence-electron chi connectivity index (χ4n) is 3.69. The Morgan fingerprint density at radius 3 is 2.00 bits per heavy atom. The summed E-state index contributed by atoms with van der Waals surface area (Å²) in [4.78, 5) is 28.3. The average molecular weight is 428 g/mol. The molecule has 1 aliphatic rings. The zero-order chi connectivity index (χ0) is 22.8. The van der Waals surface area contributed by atoms with E-state index in [9.17, 15) is 9.59 Å². The van der Waals surface area contributed by atoms with Gasteiger partial charge in [-0.3, -0.25) is 9.59 Å². The van der Waals surface area contributed by atoms with Crippen molar-refractivity contribution in [3.05, 3.63) is 89.1 Å². The molecule has 0 atom stereocenters. The highest BCUT2D eigenvalue weighted by Gasteiger charge is 2.40. The van der Waals surface area contributed by atoms with Crippen LogP contribution in [0.1, 0.15) is 16.7 Å². The van der Waals surface area contributed by atoms with Crippen LogP contribution < -0.4 is 19.7 Å². The third-order valence-electron chi connectivity index (χ3n) is 5.40. The second-order valence-electron chi connectivity index (χ2n) is 7.57. The van der Waals surface area contributed by atoms with Crippen LogP contribution >= 0.6 is 0 Å². The molecule has 3 aromatic rings. The van der Waals surface area contributed by atoms with Crippen LogP contribution in [0.4, 0.5) is 11.4 Å². The van der Waals surface area contributed by atoms with Crippen LogP contribution in [-0.4, -0.2) is 26.0 Å². The largest absolute Gasteiger partial charge is 0.497 e. The van der Waals surface area contributed by atoms with Crippen molar-refractivity contribution in [2.75, 3.05) is 24.4 Å². The number of nitrogens with one attached hydrogen (secondary N) is 1. The molecule has 0 unspecified atom stereocenters. The SMILES string of the molecule is COc1cc(NC2=C(c3ccc(C)cc3)C(=O)N(c3ccccc3C)C2=O)cc(OC)c1.